The summed E-state index contributed by atoms with van der Waals surface area (Å²) in [6.45, 7) is 1.99. The van der Waals surface area contributed by atoms with E-state index in [1.54, 1.807) is 6.07 Å². The molecule has 1 saturated carbocycles. The fraction of sp³-hybridized carbons (Fsp3) is 0.211. The van der Waals surface area contributed by atoms with Gasteiger partial charge in [0.2, 0.25) is 5.95 Å². The predicted molar refractivity (Wildman–Crippen MR) is 95.7 cm³/mol. The number of hydrogen-bond acceptors (Lipinski definition) is 3. The highest BCUT2D eigenvalue weighted by Crippen LogP contribution is 2.50. The maximum atomic E-state index is 13.0. The lowest BCUT2D eigenvalue weighted by molar-refractivity contribution is -0.120. The molecule has 0 aliphatic heterocycles. The smallest absolute Gasteiger partial charge is 0.258 e. The lowest BCUT2D eigenvalue weighted by atomic mass is 9.91. The van der Waals surface area contributed by atoms with Gasteiger partial charge >= 0.3 is 0 Å². The number of carbonyl (C=O) groups is 1. The number of nitrogens with two attached hydrogens (primary N) is 1. The third kappa shape index (κ3) is 3.74. The van der Waals surface area contributed by atoms with Gasteiger partial charge in [0.15, 0.2) is 0 Å². The Kier molecular flexibility index (Phi) is 4.61. The second-order valence-electron chi connectivity index (χ2n) is 6.08. The fourth-order valence-corrected chi connectivity index (χ4v) is 2.81. The van der Waals surface area contributed by atoms with Crippen LogP contribution in [-0.4, -0.2) is 16.7 Å². The van der Waals surface area contributed by atoms with Crippen LogP contribution in [0.2, 0.25) is 0 Å². The van der Waals surface area contributed by atoms with Crippen molar-refractivity contribution < 1.29 is 9.18 Å². The molecule has 2 aromatic rings. The molecule has 1 aliphatic rings. The molecular weight excluding hydrogens is 319 g/mol. The molecule has 3 N–H and O–H groups in total. The van der Waals surface area contributed by atoms with E-state index in [-0.39, 0.29) is 11.7 Å². The Balaban J connectivity index is 1.69. The van der Waals surface area contributed by atoms with Crippen molar-refractivity contribution in [2.45, 2.75) is 25.2 Å². The van der Waals surface area contributed by atoms with E-state index in [0.29, 0.717) is 5.69 Å². The second-order valence-corrected chi connectivity index (χ2v) is 6.08. The Morgan fingerprint density at radius 3 is 2.80 bits per heavy atom. The molecule has 1 aromatic carbocycles. The zero-order valence-electron chi connectivity index (χ0n) is 13.9. The van der Waals surface area contributed by atoms with Gasteiger partial charge in [0, 0.05) is 24.2 Å². The highest BCUT2D eigenvalue weighted by Gasteiger charge is 2.51. The van der Waals surface area contributed by atoms with E-state index in [1.165, 1.54) is 24.5 Å². The minimum Gasteiger partial charge on any atom is -0.384 e. The number of aromatic nitrogens is 1. The third-order valence-electron chi connectivity index (χ3n) is 4.28. The molecule has 0 spiro atoms. The number of amides is 1. The topological polar surface area (TPSA) is 80.4 Å². The molecule has 6 heteroatoms. The molecule has 5 nitrogen and oxygen atoms in total. The van der Waals surface area contributed by atoms with Crippen molar-refractivity contribution in [3.05, 3.63) is 71.9 Å². The summed E-state index contributed by atoms with van der Waals surface area (Å²) in [6, 6.07) is 10.7. The van der Waals surface area contributed by atoms with Crippen molar-refractivity contribution in [2.75, 3.05) is 5.32 Å². The first kappa shape index (κ1) is 16.8. The molecule has 128 valence electrons. The van der Waals surface area contributed by atoms with Crippen LogP contribution in [0.25, 0.3) is 0 Å². The van der Waals surface area contributed by atoms with Gasteiger partial charge in [0.1, 0.15) is 5.84 Å². The molecule has 0 unspecified atom stereocenters. The van der Waals surface area contributed by atoms with Gasteiger partial charge in [-0.15, -0.1) is 0 Å². The van der Waals surface area contributed by atoms with Crippen LogP contribution in [0.5, 0.6) is 0 Å². The molecule has 0 bridgehead atoms. The molecule has 1 fully saturated rings. The average Bonchev–Trinajstić information content (AvgIpc) is 3.37. The minimum absolute atomic E-state index is 0.104. The number of rotatable bonds is 5. The number of anilines is 1. The molecule has 0 saturated heterocycles. The average molecular weight is 338 g/mol. The standard InChI is InChI=1S/C19H19FN4O/c1-13-4-2-3-5-15(13)19(8-9-19)18(25)24-17(21)7-11-22-14-6-10-23-16(20)12-14/h2-7,10-12H,8-9H2,1H3,(H,22,23)(H2,21,24,25)/b11-7-. The quantitative estimate of drug-likeness (QED) is 0.499. The molecule has 25 heavy (non-hydrogen) atoms. The summed E-state index contributed by atoms with van der Waals surface area (Å²) >= 11 is 0. The Labute approximate surface area is 145 Å². The normalized spacial score (nSPS) is 16.0. The second kappa shape index (κ2) is 6.84. The van der Waals surface area contributed by atoms with E-state index in [1.807, 2.05) is 31.2 Å². The van der Waals surface area contributed by atoms with Crippen LogP contribution in [0, 0.1) is 12.9 Å². The Morgan fingerprint density at radius 2 is 2.12 bits per heavy atom. The lowest BCUT2D eigenvalue weighted by Gasteiger charge is -2.14. The highest BCUT2D eigenvalue weighted by molar-refractivity contribution is 6.04. The van der Waals surface area contributed by atoms with E-state index in [9.17, 15) is 9.18 Å². The van der Waals surface area contributed by atoms with Crippen LogP contribution in [0.1, 0.15) is 24.0 Å². The van der Waals surface area contributed by atoms with Crippen LogP contribution in [0.4, 0.5) is 10.1 Å². The number of nitrogens with zero attached hydrogens (tertiary/aromatic N) is 2. The Morgan fingerprint density at radius 1 is 1.36 bits per heavy atom. The van der Waals surface area contributed by atoms with Gasteiger partial charge in [-0.25, -0.2) is 4.98 Å². The number of pyridine rings is 1. The number of halogens is 1. The van der Waals surface area contributed by atoms with Gasteiger partial charge < -0.3 is 11.1 Å². The van der Waals surface area contributed by atoms with Crippen LogP contribution in [0.3, 0.4) is 0 Å². The zero-order chi connectivity index (χ0) is 17.9. The molecule has 1 amide bonds. The molecule has 1 aromatic heterocycles. The van der Waals surface area contributed by atoms with Crippen molar-refractivity contribution >= 4 is 17.4 Å². The summed E-state index contributed by atoms with van der Waals surface area (Å²) in [4.78, 5) is 20.1. The largest absolute Gasteiger partial charge is 0.384 e. The number of amidine groups is 1. The molecule has 1 heterocycles. The first-order chi connectivity index (χ1) is 12.0. The van der Waals surface area contributed by atoms with Crippen molar-refractivity contribution in [1.29, 1.82) is 0 Å². The van der Waals surface area contributed by atoms with Crippen LogP contribution in [-0.2, 0) is 10.2 Å². The summed E-state index contributed by atoms with van der Waals surface area (Å²) in [5.41, 5.74) is 7.92. The van der Waals surface area contributed by atoms with Crippen molar-refractivity contribution in [3.8, 4) is 0 Å². The minimum atomic E-state index is -0.580. The number of carbonyl (C=O) groups excluding carboxylic acids is 1. The summed E-state index contributed by atoms with van der Waals surface area (Å²) in [5, 5.41) is 2.85. The number of benzene rings is 1. The monoisotopic (exact) mass is 338 g/mol. The van der Waals surface area contributed by atoms with Crippen molar-refractivity contribution in [3.63, 3.8) is 0 Å². The molecule has 0 radical (unpaired) electrons. The van der Waals surface area contributed by atoms with E-state index < -0.39 is 11.4 Å². The molecule has 1 aliphatic carbocycles. The van der Waals surface area contributed by atoms with E-state index >= 15 is 0 Å². The van der Waals surface area contributed by atoms with Crippen LogP contribution in [0.15, 0.2) is 59.9 Å². The summed E-state index contributed by atoms with van der Waals surface area (Å²) < 4.78 is 13.0. The van der Waals surface area contributed by atoms with Gasteiger partial charge in [0.05, 0.1) is 5.41 Å². The van der Waals surface area contributed by atoms with Crippen LogP contribution >= 0.6 is 0 Å². The van der Waals surface area contributed by atoms with E-state index in [4.69, 9.17) is 5.73 Å². The van der Waals surface area contributed by atoms with Crippen LogP contribution < -0.4 is 11.1 Å². The maximum Gasteiger partial charge on any atom is 0.258 e. The first-order valence-corrected chi connectivity index (χ1v) is 8.01. The predicted octanol–water partition coefficient (Wildman–Crippen LogP) is 3.07. The number of aryl methyl sites for hydroxylation is 1. The maximum absolute atomic E-state index is 13.0. The first-order valence-electron chi connectivity index (χ1n) is 8.01. The molecular formula is C19H19FN4O. The number of hydrogen-bond donors (Lipinski definition) is 2. The third-order valence-corrected chi connectivity index (χ3v) is 4.28. The van der Waals surface area contributed by atoms with Crippen molar-refractivity contribution in [2.24, 2.45) is 10.7 Å². The Hall–Kier alpha value is -3.02. The van der Waals surface area contributed by atoms with Gasteiger partial charge in [-0.1, -0.05) is 24.3 Å². The number of nitrogens with one attached hydrogen (secondary N) is 1. The SMILES string of the molecule is Cc1ccccc1C1(C(=O)N=C(N)/C=C\Nc2ccnc(F)c2)CC1. The van der Waals surface area contributed by atoms with E-state index in [0.717, 1.165) is 24.0 Å². The summed E-state index contributed by atoms with van der Waals surface area (Å²) in [5.74, 6) is -0.699. The Bertz CT molecular complexity index is 856. The molecule has 3 rings (SSSR count). The number of aliphatic imine (C=N–C) groups is 1. The van der Waals surface area contributed by atoms with Gasteiger partial charge in [-0.2, -0.15) is 9.38 Å². The lowest BCUT2D eigenvalue weighted by Crippen LogP contribution is -2.23. The summed E-state index contributed by atoms with van der Waals surface area (Å²) in [6.07, 6.45) is 5.90. The van der Waals surface area contributed by atoms with Gasteiger partial charge in [-0.05, 0) is 43.0 Å². The van der Waals surface area contributed by atoms with E-state index in [2.05, 4.69) is 15.3 Å². The highest BCUT2D eigenvalue weighted by atomic mass is 19.1. The summed E-state index contributed by atoms with van der Waals surface area (Å²) in [7, 11) is 0. The fourth-order valence-electron chi connectivity index (χ4n) is 2.81. The zero-order valence-corrected chi connectivity index (χ0v) is 13.9. The molecule has 0 atom stereocenters. The van der Waals surface area contributed by atoms with Crippen molar-refractivity contribution in [1.82, 2.24) is 4.98 Å². The van der Waals surface area contributed by atoms with Gasteiger partial charge in [0.25, 0.3) is 5.91 Å². The van der Waals surface area contributed by atoms with Gasteiger partial charge in [-0.3, -0.25) is 4.79 Å².